The van der Waals surface area contributed by atoms with Gasteiger partial charge in [-0.15, -0.1) is 0 Å². The normalized spacial score (nSPS) is 21.9. The van der Waals surface area contributed by atoms with Gasteiger partial charge >= 0.3 is 6.09 Å². The predicted octanol–water partition coefficient (Wildman–Crippen LogP) is 3.62. The molecule has 1 aliphatic rings. The van der Waals surface area contributed by atoms with Gasteiger partial charge in [0.25, 0.3) is 5.91 Å². The van der Waals surface area contributed by atoms with Crippen LogP contribution < -0.4 is 0 Å². The second-order valence-corrected chi connectivity index (χ2v) is 5.11. The number of imide groups is 1. The molecule has 2 rings (SSSR count). The molecular weight excluding hydrogens is 254 g/mol. The molecular formula is C16H21NO3. The Kier molecular flexibility index (Phi) is 4.77. The minimum absolute atomic E-state index is 0.139. The van der Waals surface area contributed by atoms with Gasteiger partial charge in [0.1, 0.15) is 6.10 Å². The first-order valence-electron chi connectivity index (χ1n) is 7.28. The predicted molar refractivity (Wildman–Crippen MR) is 76.5 cm³/mol. The van der Waals surface area contributed by atoms with Crippen molar-refractivity contribution in [1.29, 1.82) is 0 Å². The number of nitrogens with zero attached hydrogens (tertiary/aromatic N) is 1. The van der Waals surface area contributed by atoms with E-state index in [1.54, 1.807) is 24.3 Å². The van der Waals surface area contributed by atoms with Gasteiger partial charge in [-0.25, -0.2) is 9.69 Å². The lowest BCUT2D eigenvalue weighted by atomic mass is 10.0. The van der Waals surface area contributed by atoms with Gasteiger partial charge in [-0.2, -0.15) is 0 Å². The topological polar surface area (TPSA) is 46.6 Å². The van der Waals surface area contributed by atoms with Crippen LogP contribution in [0.2, 0.25) is 0 Å². The summed E-state index contributed by atoms with van der Waals surface area (Å²) in [6.45, 7) is 4.11. The lowest BCUT2D eigenvalue weighted by Crippen LogP contribution is -2.41. The number of cyclic esters (lactones) is 1. The Hall–Kier alpha value is -1.84. The molecule has 0 bridgehead atoms. The first kappa shape index (κ1) is 14.6. The van der Waals surface area contributed by atoms with Crippen molar-refractivity contribution in [2.75, 3.05) is 0 Å². The van der Waals surface area contributed by atoms with E-state index in [-0.39, 0.29) is 18.1 Å². The van der Waals surface area contributed by atoms with E-state index in [2.05, 4.69) is 13.8 Å². The summed E-state index contributed by atoms with van der Waals surface area (Å²) in [5.41, 5.74) is 0.530. The molecule has 1 heterocycles. The molecule has 0 aliphatic carbocycles. The summed E-state index contributed by atoms with van der Waals surface area (Å²) in [6, 6.07) is 8.76. The minimum Gasteiger partial charge on any atom is -0.444 e. The maximum absolute atomic E-state index is 12.5. The standard InChI is InChI=1S/C16H21NO3/c1-3-8-13-14(9-4-2)20-16(19)17(13)15(18)12-10-6-5-7-11-12/h5-7,10-11,13-14H,3-4,8-9H2,1-2H3/t13-,14-/m0/s1. The number of benzene rings is 1. The van der Waals surface area contributed by atoms with Crippen LogP contribution in [0.5, 0.6) is 0 Å². The van der Waals surface area contributed by atoms with E-state index >= 15 is 0 Å². The van der Waals surface area contributed by atoms with Crippen LogP contribution in [0.1, 0.15) is 49.9 Å². The largest absolute Gasteiger partial charge is 0.444 e. The van der Waals surface area contributed by atoms with Crippen molar-refractivity contribution < 1.29 is 14.3 Å². The van der Waals surface area contributed by atoms with Crippen LogP contribution in [0.15, 0.2) is 30.3 Å². The average Bonchev–Trinajstić information content (AvgIpc) is 2.76. The third-order valence-corrected chi connectivity index (χ3v) is 3.61. The Balaban J connectivity index is 2.23. The van der Waals surface area contributed by atoms with Crippen molar-refractivity contribution in [2.24, 2.45) is 0 Å². The fraction of sp³-hybridized carbons (Fsp3) is 0.500. The Morgan fingerprint density at radius 1 is 1.15 bits per heavy atom. The molecule has 1 fully saturated rings. The Labute approximate surface area is 119 Å². The van der Waals surface area contributed by atoms with E-state index in [0.717, 1.165) is 25.7 Å². The van der Waals surface area contributed by atoms with Gasteiger partial charge in [-0.05, 0) is 25.0 Å². The van der Waals surface area contributed by atoms with Gasteiger partial charge in [-0.1, -0.05) is 44.9 Å². The van der Waals surface area contributed by atoms with Gasteiger partial charge in [-0.3, -0.25) is 4.79 Å². The molecule has 0 aromatic heterocycles. The van der Waals surface area contributed by atoms with Crippen LogP contribution in [-0.4, -0.2) is 29.0 Å². The maximum Gasteiger partial charge on any atom is 0.417 e. The monoisotopic (exact) mass is 275 g/mol. The van der Waals surface area contributed by atoms with E-state index in [1.165, 1.54) is 4.90 Å². The summed E-state index contributed by atoms with van der Waals surface area (Å²) in [7, 11) is 0. The fourth-order valence-electron chi connectivity index (χ4n) is 2.67. The molecule has 0 radical (unpaired) electrons. The second-order valence-electron chi connectivity index (χ2n) is 5.11. The molecule has 0 spiro atoms. The first-order valence-corrected chi connectivity index (χ1v) is 7.28. The minimum atomic E-state index is -0.504. The quantitative estimate of drug-likeness (QED) is 0.824. The number of carbonyl (C=O) groups excluding carboxylic acids is 2. The van der Waals surface area contributed by atoms with Crippen molar-refractivity contribution in [3.8, 4) is 0 Å². The zero-order chi connectivity index (χ0) is 14.5. The number of amides is 2. The maximum atomic E-state index is 12.5. The molecule has 2 atom stereocenters. The average molecular weight is 275 g/mol. The molecule has 4 nitrogen and oxygen atoms in total. The lowest BCUT2D eigenvalue weighted by Gasteiger charge is -2.22. The van der Waals surface area contributed by atoms with Crippen molar-refractivity contribution in [1.82, 2.24) is 4.90 Å². The molecule has 108 valence electrons. The summed E-state index contributed by atoms with van der Waals surface area (Å²) >= 11 is 0. The van der Waals surface area contributed by atoms with Crippen molar-refractivity contribution in [2.45, 2.75) is 51.7 Å². The molecule has 0 unspecified atom stereocenters. The molecule has 1 aromatic carbocycles. The first-order chi connectivity index (χ1) is 9.69. The highest BCUT2D eigenvalue weighted by atomic mass is 16.6. The lowest BCUT2D eigenvalue weighted by molar-refractivity contribution is 0.0767. The van der Waals surface area contributed by atoms with E-state index < -0.39 is 6.09 Å². The third-order valence-electron chi connectivity index (χ3n) is 3.61. The molecule has 20 heavy (non-hydrogen) atoms. The summed E-state index contributed by atoms with van der Waals surface area (Å²) < 4.78 is 5.39. The molecule has 1 aromatic rings. The fourth-order valence-corrected chi connectivity index (χ4v) is 2.67. The summed E-state index contributed by atoms with van der Waals surface area (Å²) in [5.74, 6) is -0.257. The molecule has 4 heteroatoms. The van der Waals surface area contributed by atoms with Crippen LogP contribution in [0.25, 0.3) is 0 Å². The van der Waals surface area contributed by atoms with E-state index in [0.29, 0.717) is 5.56 Å². The second kappa shape index (κ2) is 6.55. The Morgan fingerprint density at radius 2 is 1.80 bits per heavy atom. The van der Waals surface area contributed by atoms with Crippen LogP contribution in [-0.2, 0) is 4.74 Å². The zero-order valence-electron chi connectivity index (χ0n) is 12.0. The summed E-state index contributed by atoms with van der Waals surface area (Å²) in [4.78, 5) is 25.9. The van der Waals surface area contributed by atoms with Gasteiger partial charge in [0.2, 0.25) is 0 Å². The smallest absolute Gasteiger partial charge is 0.417 e. The zero-order valence-corrected chi connectivity index (χ0v) is 12.0. The van der Waals surface area contributed by atoms with E-state index in [1.807, 2.05) is 6.07 Å². The van der Waals surface area contributed by atoms with Crippen molar-refractivity contribution in [3.05, 3.63) is 35.9 Å². The highest BCUT2D eigenvalue weighted by Gasteiger charge is 2.44. The van der Waals surface area contributed by atoms with Crippen LogP contribution in [0.4, 0.5) is 4.79 Å². The van der Waals surface area contributed by atoms with Gasteiger partial charge < -0.3 is 4.74 Å². The van der Waals surface area contributed by atoms with Crippen LogP contribution in [0, 0.1) is 0 Å². The van der Waals surface area contributed by atoms with E-state index in [9.17, 15) is 9.59 Å². The summed E-state index contributed by atoms with van der Waals surface area (Å²) in [5, 5.41) is 0. The molecule has 1 saturated heterocycles. The van der Waals surface area contributed by atoms with Crippen LogP contribution >= 0.6 is 0 Å². The molecule has 2 amide bonds. The van der Waals surface area contributed by atoms with Crippen LogP contribution in [0.3, 0.4) is 0 Å². The van der Waals surface area contributed by atoms with E-state index in [4.69, 9.17) is 4.74 Å². The van der Waals surface area contributed by atoms with Gasteiger partial charge in [0, 0.05) is 5.56 Å². The SMILES string of the molecule is CCC[C@@H]1OC(=O)N(C(=O)c2ccccc2)[C@H]1CCC. The number of hydrogen-bond donors (Lipinski definition) is 0. The number of hydrogen-bond acceptors (Lipinski definition) is 3. The van der Waals surface area contributed by atoms with Crippen molar-refractivity contribution >= 4 is 12.0 Å². The Bertz CT molecular complexity index is 472. The number of ether oxygens (including phenoxy) is 1. The molecule has 1 aliphatic heterocycles. The Morgan fingerprint density at radius 3 is 2.40 bits per heavy atom. The molecule has 0 saturated carbocycles. The highest BCUT2D eigenvalue weighted by molar-refractivity contribution is 6.04. The van der Waals surface area contributed by atoms with Gasteiger partial charge in [0.05, 0.1) is 6.04 Å². The third kappa shape index (κ3) is 2.84. The van der Waals surface area contributed by atoms with Crippen molar-refractivity contribution in [3.63, 3.8) is 0 Å². The highest BCUT2D eigenvalue weighted by Crippen LogP contribution is 2.28. The molecule has 0 N–H and O–H groups in total. The number of rotatable bonds is 5. The number of carbonyl (C=O) groups is 2. The summed E-state index contributed by atoms with van der Waals surface area (Å²) in [6.07, 6.45) is 2.77. The van der Waals surface area contributed by atoms with Gasteiger partial charge in [0.15, 0.2) is 0 Å².